The van der Waals surface area contributed by atoms with Gasteiger partial charge in [-0.05, 0) is 50.9 Å². The van der Waals surface area contributed by atoms with E-state index in [-0.39, 0.29) is 53.6 Å². The average Bonchev–Trinajstić information content (AvgIpc) is 2.54. The molecule has 1 saturated heterocycles. The van der Waals surface area contributed by atoms with Gasteiger partial charge in [0.25, 0.3) is 0 Å². The Hall–Kier alpha value is -1.03. The van der Waals surface area contributed by atoms with Gasteiger partial charge < -0.3 is 5.32 Å². The van der Waals surface area contributed by atoms with E-state index in [0.717, 1.165) is 44.9 Å². The molecule has 0 aromatic carbocycles. The fraction of sp³-hybridized carbons (Fsp3) is 0.850. The number of ketones is 3. The Morgan fingerprint density at radius 1 is 0.875 bits per heavy atom. The van der Waals surface area contributed by atoms with Crippen LogP contribution in [0.5, 0.6) is 0 Å². The van der Waals surface area contributed by atoms with Gasteiger partial charge >= 0.3 is 0 Å². The minimum atomic E-state index is -0.0445. The average molecular weight is 331 g/mol. The molecule has 0 bridgehead atoms. The zero-order valence-corrected chi connectivity index (χ0v) is 14.6. The summed E-state index contributed by atoms with van der Waals surface area (Å²) in [6.07, 6.45) is 7.87. The Kier molecular flexibility index (Phi) is 4.36. The maximum atomic E-state index is 12.7. The number of rotatable bonds is 1. The molecular weight excluding hydrogens is 302 g/mol. The first kappa shape index (κ1) is 16.4. The largest absolute Gasteiger partial charge is 0.311 e. The van der Waals surface area contributed by atoms with Gasteiger partial charge in [-0.2, -0.15) is 0 Å². The molecule has 3 saturated carbocycles. The third-order valence-corrected chi connectivity index (χ3v) is 7.25. The van der Waals surface area contributed by atoms with Gasteiger partial charge in [0.2, 0.25) is 0 Å². The molecule has 1 heterocycles. The van der Waals surface area contributed by atoms with Crippen LogP contribution in [0.3, 0.4) is 0 Å². The van der Waals surface area contributed by atoms with E-state index in [0.29, 0.717) is 18.2 Å². The van der Waals surface area contributed by atoms with Crippen molar-refractivity contribution in [3.8, 4) is 0 Å². The summed E-state index contributed by atoms with van der Waals surface area (Å²) >= 11 is 0. The van der Waals surface area contributed by atoms with E-state index in [1.54, 1.807) is 0 Å². The molecule has 4 rings (SSSR count). The summed E-state index contributed by atoms with van der Waals surface area (Å²) < 4.78 is 0. The highest BCUT2D eigenvalue weighted by Crippen LogP contribution is 2.47. The minimum absolute atomic E-state index is 0.0445. The first-order chi connectivity index (χ1) is 11.5. The van der Waals surface area contributed by atoms with E-state index in [1.165, 1.54) is 0 Å². The Labute approximate surface area is 144 Å². The van der Waals surface area contributed by atoms with Crippen molar-refractivity contribution in [3.63, 3.8) is 0 Å². The Morgan fingerprint density at radius 3 is 2.50 bits per heavy atom. The summed E-state index contributed by atoms with van der Waals surface area (Å²) in [5, 5.41) is 3.61. The van der Waals surface area contributed by atoms with Crippen LogP contribution in [-0.4, -0.2) is 29.4 Å². The number of hydrogen-bond donors (Lipinski definition) is 1. The van der Waals surface area contributed by atoms with E-state index in [4.69, 9.17) is 0 Å². The summed E-state index contributed by atoms with van der Waals surface area (Å²) in [5.74, 6) is 1.22. The lowest BCUT2D eigenvalue weighted by Gasteiger charge is -2.47. The lowest BCUT2D eigenvalue weighted by Crippen LogP contribution is -2.55. The zero-order chi connectivity index (χ0) is 16.8. The van der Waals surface area contributed by atoms with Crippen LogP contribution in [0.15, 0.2) is 0 Å². The maximum Gasteiger partial charge on any atom is 0.143 e. The molecule has 3 aliphatic carbocycles. The Morgan fingerprint density at radius 2 is 1.67 bits per heavy atom. The summed E-state index contributed by atoms with van der Waals surface area (Å²) in [6.45, 7) is 2.19. The van der Waals surface area contributed by atoms with Crippen molar-refractivity contribution in [1.29, 1.82) is 0 Å². The summed E-state index contributed by atoms with van der Waals surface area (Å²) in [7, 11) is 0. The number of piperidine rings is 1. The van der Waals surface area contributed by atoms with Crippen LogP contribution in [0.25, 0.3) is 0 Å². The van der Waals surface area contributed by atoms with Gasteiger partial charge in [-0.15, -0.1) is 0 Å². The normalized spacial score (nSPS) is 46.4. The van der Waals surface area contributed by atoms with Crippen molar-refractivity contribution in [2.24, 2.45) is 29.6 Å². The van der Waals surface area contributed by atoms with E-state index in [9.17, 15) is 14.4 Å². The third-order valence-electron chi connectivity index (χ3n) is 7.25. The van der Waals surface area contributed by atoms with Crippen LogP contribution in [0.2, 0.25) is 0 Å². The van der Waals surface area contributed by atoms with Crippen LogP contribution in [0, 0.1) is 29.6 Å². The van der Waals surface area contributed by atoms with Crippen LogP contribution in [-0.2, 0) is 14.4 Å². The summed E-state index contributed by atoms with van der Waals surface area (Å²) in [6, 6.07) is 0.705. The zero-order valence-electron chi connectivity index (χ0n) is 14.6. The van der Waals surface area contributed by atoms with Gasteiger partial charge in [0.15, 0.2) is 0 Å². The quantitative estimate of drug-likeness (QED) is 0.750. The first-order valence-electron chi connectivity index (χ1n) is 9.88. The van der Waals surface area contributed by atoms with Crippen LogP contribution in [0.1, 0.15) is 64.7 Å². The van der Waals surface area contributed by atoms with Crippen LogP contribution in [0.4, 0.5) is 0 Å². The number of nitrogens with one attached hydrogen (secondary N) is 1. The predicted molar refractivity (Wildman–Crippen MR) is 90.4 cm³/mol. The number of fused-ring (bicyclic) bond motifs is 2. The second-order valence-corrected chi connectivity index (χ2v) is 8.71. The fourth-order valence-electron chi connectivity index (χ4n) is 6.17. The topological polar surface area (TPSA) is 63.2 Å². The number of Topliss-reactive ketones (excluding diaryl/α,β-unsaturated/α-hetero) is 3. The minimum Gasteiger partial charge on any atom is -0.311 e. The highest BCUT2D eigenvalue weighted by Gasteiger charge is 2.50. The van der Waals surface area contributed by atoms with E-state index < -0.39 is 0 Å². The monoisotopic (exact) mass is 331 g/mol. The van der Waals surface area contributed by atoms with Crippen LogP contribution < -0.4 is 5.32 Å². The van der Waals surface area contributed by atoms with Crippen molar-refractivity contribution in [1.82, 2.24) is 5.32 Å². The number of carbonyl (C=O) groups is 3. The molecule has 4 nitrogen and oxygen atoms in total. The van der Waals surface area contributed by atoms with Crippen molar-refractivity contribution in [2.45, 2.75) is 76.8 Å². The first-order valence-corrected chi connectivity index (χ1v) is 9.88. The second kappa shape index (κ2) is 6.36. The van der Waals surface area contributed by atoms with Gasteiger partial charge in [-0.25, -0.2) is 0 Å². The molecule has 1 N–H and O–H groups in total. The highest BCUT2D eigenvalue weighted by molar-refractivity contribution is 6.04. The van der Waals surface area contributed by atoms with Gasteiger partial charge in [0.1, 0.15) is 17.3 Å². The van der Waals surface area contributed by atoms with Gasteiger partial charge in [-0.1, -0.05) is 12.8 Å². The van der Waals surface area contributed by atoms with E-state index in [1.807, 2.05) is 0 Å². The molecule has 0 aromatic heterocycles. The molecule has 132 valence electrons. The van der Waals surface area contributed by atoms with Crippen molar-refractivity contribution in [3.05, 3.63) is 0 Å². The SMILES string of the molecule is C[C@H]1CC[C@H]2C(=O)C[C@@H]([C@@H]3C(=O)CC(=O)[C@@H]4CCCC[C@@H]34)C[C@H]2N1. The molecule has 4 heteroatoms. The summed E-state index contributed by atoms with van der Waals surface area (Å²) in [4.78, 5) is 37.7. The molecule has 0 aromatic rings. The molecule has 0 unspecified atom stereocenters. The van der Waals surface area contributed by atoms with Crippen molar-refractivity contribution < 1.29 is 14.4 Å². The highest BCUT2D eigenvalue weighted by atomic mass is 16.2. The molecule has 4 aliphatic rings. The van der Waals surface area contributed by atoms with Gasteiger partial charge in [0, 0.05) is 36.3 Å². The van der Waals surface area contributed by atoms with Gasteiger partial charge in [-0.3, -0.25) is 14.4 Å². The Bertz CT molecular complexity index is 557. The van der Waals surface area contributed by atoms with Crippen LogP contribution >= 0.6 is 0 Å². The second-order valence-electron chi connectivity index (χ2n) is 8.71. The molecule has 4 fully saturated rings. The Balaban J connectivity index is 1.56. The lowest BCUT2D eigenvalue weighted by molar-refractivity contribution is -0.145. The predicted octanol–water partition coefficient (Wildman–Crippen LogP) is 2.69. The fourth-order valence-corrected chi connectivity index (χ4v) is 6.17. The van der Waals surface area contributed by atoms with Gasteiger partial charge in [0.05, 0.1) is 6.42 Å². The molecule has 7 atom stereocenters. The van der Waals surface area contributed by atoms with E-state index >= 15 is 0 Å². The number of hydrogen-bond acceptors (Lipinski definition) is 4. The molecule has 0 amide bonds. The molecular formula is C20H29NO3. The third kappa shape index (κ3) is 2.77. The standard InChI is InChI=1S/C20H29NO3/c1-11-6-7-15-16(21-11)8-12(9-17(15)22)20-14-5-3-2-4-13(14)18(23)10-19(20)24/h11-16,20-21H,2-10H2,1H3/t11-,12-,13+,14+,15+,16+,20-/m0/s1. The lowest BCUT2D eigenvalue weighted by atomic mass is 9.57. The maximum absolute atomic E-state index is 12.7. The van der Waals surface area contributed by atoms with Crippen molar-refractivity contribution >= 4 is 17.3 Å². The molecule has 0 radical (unpaired) electrons. The smallest absolute Gasteiger partial charge is 0.143 e. The van der Waals surface area contributed by atoms with E-state index in [2.05, 4.69) is 12.2 Å². The molecule has 1 aliphatic heterocycles. The number of carbonyl (C=O) groups excluding carboxylic acids is 3. The summed E-state index contributed by atoms with van der Waals surface area (Å²) in [5.41, 5.74) is 0. The molecule has 24 heavy (non-hydrogen) atoms. The molecule has 0 spiro atoms. The van der Waals surface area contributed by atoms with Crippen molar-refractivity contribution in [2.75, 3.05) is 0 Å².